The third-order valence-electron chi connectivity index (χ3n) is 3.80. The number of amides is 2. The topological polar surface area (TPSA) is 102 Å². The summed E-state index contributed by atoms with van der Waals surface area (Å²) < 4.78 is 9.80. The molecule has 0 spiro atoms. The molecular formula is C16H26N2O6S. The smallest absolute Gasteiger partial charge is 0.328 e. The first-order chi connectivity index (χ1) is 11.8. The largest absolute Gasteiger partial charge is 0.466 e. The highest BCUT2D eigenvalue weighted by molar-refractivity contribution is 8.00. The predicted octanol–water partition coefficient (Wildman–Crippen LogP) is 0.688. The molecule has 1 aliphatic rings. The molecule has 9 heteroatoms. The van der Waals surface area contributed by atoms with E-state index in [0.717, 1.165) is 0 Å². The minimum Gasteiger partial charge on any atom is -0.466 e. The molecule has 1 rings (SSSR count). The maximum absolute atomic E-state index is 12.5. The van der Waals surface area contributed by atoms with E-state index in [0.29, 0.717) is 12.2 Å². The summed E-state index contributed by atoms with van der Waals surface area (Å²) in [5.41, 5.74) is 0. The van der Waals surface area contributed by atoms with Gasteiger partial charge in [0.1, 0.15) is 12.1 Å². The Hall–Kier alpha value is -1.77. The van der Waals surface area contributed by atoms with Crippen molar-refractivity contribution in [3.05, 3.63) is 0 Å². The summed E-state index contributed by atoms with van der Waals surface area (Å²) in [5.74, 6) is -1.06. The molecule has 1 N–H and O–H groups in total. The van der Waals surface area contributed by atoms with E-state index in [1.165, 1.54) is 16.7 Å². The summed E-state index contributed by atoms with van der Waals surface area (Å²) in [6, 6.07) is -1.63. The van der Waals surface area contributed by atoms with Crippen LogP contribution in [0.2, 0.25) is 0 Å². The van der Waals surface area contributed by atoms with Crippen molar-refractivity contribution in [1.29, 1.82) is 0 Å². The van der Waals surface area contributed by atoms with E-state index in [-0.39, 0.29) is 26.1 Å². The minimum atomic E-state index is -0.959. The average Bonchev–Trinajstić information content (AvgIpc) is 2.86. The van der Waals surface area contributed by atoms with Gasteiger partial charge in [0.15, 0.2) is 0 Å². The van der Waals surface area contributed by atoms with Crippen LogP contribution in [-0.2, 0) is 28.7 Å². The number of nitrogens with one attached hydrogen (secondary N) is 1. The fraction of sp³-hybridized carbons (Fsp3) is 0.750. The molecule has 0 unspecified atom stereocenters. The third-order valence-corrected chi connectivity index (χ3v) is 5.20. The van der Waals surface area contributed by atoms with E-state index in [4.69, 9.17) is 9.47 Å². The van der Waals surface area contributed by atoms with E-state index in [1.807, 2.05) is 13.8 Å². The molecule has 8 nitrogen and oxygen atoms in total. The van der Waals surface area contributed by atoms with Crippen LogP contribution < -0.4 is 5.32 Å². The van der Waals surface area contributed by atoms with Gasteiger partial charge in [-0.15, -0.1) is 11.8 Å². The Labute approximate surface area is 152 Å². The Bertz CT molecular complexity index is 511. The van der Waals surface area contributed by atoms with Crippen LogP contribution in [0, 0.1) is 0 Å². The zero-order valence-corrected chi connectivity index (χ0v) is 15.9. The second-order valence-corrected chi connectivity index (χ2v) is 7.56. The molecule has 1 saturated heterocycles. The first kappa shape index (κ1) is 21.3. The normalized spacial score (nSPS) is 19.8. The molecule has 0 radical (unpaired) electrons. The zero-order chi connectivity index (χ0) is 19.0. The van der Waals surface area contributed by atoms with Crippen LogP contribution in [0.1, 0.15) is 40.5 Å². The number of hydrogen-bond acceptors (Lipinski definition) is 7. The SMILES string of the molecule is CCOC(=O)CC[C@@H](NC(=O)[C@H]1CSC(C)(C)N1C=O)C(=O)OCC. The fourth-order valence-electron chi connectivity index (χ4n) is 2.47. The fourth-order valence-corrected chi connectivity index (χ4v) is 3.67. The highest BCUT2D eigenvalue weighted by Gasteiger charge is 2.43. The van der Waals surface area contributed by atoms with Gasteiger partial charge in [0.2, 0.25) is 12.3 Å². The van der Waals surface area contributed by atoms with Crippen LogP contribution in [0.15, 0.2) is 0 Å². The highest BCUT2D eigenvalue weighted by Crippen LogP contribution is 2.37. The van der Waals surface area contributed by atoms with E-state index < -0.39 is 34.8 Å². The van der Waals surface area contributed by atoms with Crippen molar-refractivity contribution in [3.63, 3.8) is 0 Å². The Kier molecular flexibility index (Phi) is 8.21. The monoisotopic (exact) mass is 374 g/mol. The summed E-state index contributed by atoms with van der Waals surface area (Å²) in [4.78, 5) is 48.4. The van der Waals surface area contributed by atoms with Crippen molar-refractivity contribution in [3.8, 4) is 0 Å². The van der Waals surface area contributed by atoms with Gasteiger partial charge in [0.25, 0.3) is 0 Å². The van der Waals surface area contributed by atoms with Crippen molar-refractivity contribution in [1.82, 2.24) is 10.2 Å². The molecule has 1 heterocycles. The first-order valence-corrected chi connectivity index (χ1v) is 9.25. The van der Waals surface area contributed by atoms with Crippen LogP contribution in [0.5, 0.6) is 0 Å². The molecule has 142 valence electrons. The minimum absolute atomic E-state index is 0.0140. The second-order valence-electron chi connectivity index (χ2n) is 5.94. The molecule has 0 saturated carbocycles. The van der Waals surface area contributed by atoms with E-state index in [2.05, 4.69) is 5.32 Å². The number of hydrogen-bond donors (Lipinski definition) is 1. The number of ether oxygens (including phenoxy) is 2. The molecule has 25 heavy (non-hydrogen) atoms. The summed E-state index contributed by atoms with van der Waals surface area (Å²) in [5, 5.41) is 2.61. The molecule has 0 aromatic carbocycles. The first-order valence-electron chi connectivity index (χ1n) is 8.27. The van der Waals surface area contributed by atoms with Crippen molar-refractivity contribution in [2.75, 3.05) is 19.0 Å². The number of nitrogens with zero attached hydrogens (tertiary/aromatic N) is 1. The lowest BCUT2D eigenvalue weighted by Gasteiger charge is -2.30. The van der Waals surface area contributed by atoms with Crippen LogP contribution in [0.4, 0.5) is 0 Å². The molecule has 1 aliphatic heterocycles. The molecule has 2 atom stereocenters. The standard InChI is InChI=1S/C16H26N2O6S/c1-5-23-13(20)8-7-11(15(22)24-6-2)17-14(21)12-9-25-16(3,4)18(12)10-19/h10-12H,5-9H2,1-4H3,(H,17,21)/t11-,12-/m1/s1. The number of carbonyl (C=O) groups is 4. The number of rotatable bonds is 9. The van der Waals surface area contributed by atoms with Gasteiger partial charge in [-0.05, 0) is 34.1 Å². The van der Waals surface area contributed by atoms with Crippen molar-refractivity contribution in [2.45, 2.75) is 57.5 Å². The molecular weight excluding hydrogens is 348 g/mol. The summed E-state index contributed by atoms with van der Waals surface area (Å²) in [7, 11) is 0. The number of thioether (sulfide) groups is 1. The van der Waals surface area contributed by atoms with Crippen molar-refractivity contribution >= 4 is 36.0 Å². The summed E-state index contributed by atoms with van der Waals surface area (Å²) in [6.45, 7) is 7.46. The van der Waals surface area contributed by atoms with Crippen LogP contribution >= 0.6 is 11.8 Å². The quantitative estimate of drug-likeness (QED) is 0.468. The lowest BCUT2D eigenvalue weighted by Crippen LogP contribution is -2.53. The highest BCUT2D eigenvalue weighted by atomic mass is 32.2. The van der Waals surface area contributed by atoms with Gasteiger partial charge in [-0.2, -0.15) is 0 Å². The van der Waals surface area contributed by atoms with E-state index in [9.17, 15) is 19.2 Å². The summed E-state index contributed by atoms with van der Waals surface area (Å²) in [6.07, 6.45) is 0.704. The van der Waals surface area contributed by atoms with Crippen LogP contribution in [-0.4, -0.2) is 65.1 Å². The van der Waals surface area contributed by atoms with Gasteiger partial charge in [-0.1, -0.05) is 0 Å². The van der Waals surface area contributed by atoms with Crippen LogP contribution in [0.25, 0.3) is 0 Å². The predicted molar refractivity (Wildman–Crippen MR) is 92.7 cm³/mol. The molecule has 0 aromatic heterocycles. The van der Waals surface area contributed by atoms with Crippen molar-refractivity contribution in [2.24, 2.45) is 0 Å². The van der Waals surface area contributed by atoms with E-state index >= 15 is 0 Å². The van der Waals surface area contributed by atoms with E-state index in [1.54, 1.807) is 13.8 Å². The lowest BCUT2D eigenvalue weighted by atomic mass is 10.1. The van der Waals surface area contributed by atoms with Gasteiger partial charge >= 0.3 is 11.9 Å². The van der Waals surface area contributed by atoms with Crippen LogP contribution in [0.3, 0.4) is 0 Å². The third kappa shape index (κ3) is 5.91. The van der Waals surface area contributed by atoms with Gasteiger partial charge in [0.05, 0.1) is 18.1 Å². The number of carbonyl (C=O) groups excluding carboxylic acids is 4. The molecule has 0 bridgehead atoms. The molecule has 0 aliphatic carbocycles. The van der Waals surface area contributed by atoms with Gasteiger partial charge in [0, 0.05) is 12.2 Å². The second kappa shape index (κ2) is 9.65. The Morgan fingerprint density at radius 3 is 2.48 bits per heavy atom. The lowest BCUT2D eigenvalue weighted by molar-refractivity contribution is -0.149. The maximum atomic E-state index is 12.5. The zero-order valence-electron chi connectivity index (χ0n) is 15.1. The number of esters is 2. The Morgan fingerprint density at radius 2 is 1.92 bits per heavy atom. The average molecular weight is 374 g/mol. The van der Waals surface area contributed by atoms with Gasteiger partial charge in [-0.25, -0.2) is 4.79 Å². The summed E-state index contributed by atoms with van der Waals surface area (Å²) >= 11 is 1.48. The molecule has 0 aromatic rings. The maximum Gasteiger partial charge on any atom is 0.328 e. The molecule has 2 amide bonds. The Morgan fingerprint density at radius 1 is 1.28 bits per heavy atom. The molecule has 1 fully saturated rings. The van der Waals surface area contributed by atoms with Gasteiger partial charge in [-0.3, -0.25) is 14.4 Å². The van der Waals surface area contributed by atoms with Gasteiger partial charge < -0.3 is 19.7 Å². The van der Waals surface area contributed by atoms with Crippen molar-refractivity contribution < 1.29 is 28.7 Å². The Balaban J connectivity index is 2.75.